The first-order chi connectivity index (χ1) is 12.3. The third kappa shape index (κ3) is 4.48. The molecule has 0 atom stereocenters. The summed E-state index contributed by atoms with van der Waals surface area (Å²) in [6.45, 7) is 1.21. The Morgan fingerprint density at radius 3 is 2.50 bits per heavy atom. The number of anilines is 2. The number of hydrogen-bond donors (Lipinski definition) is 0. The Hall–Kier alpha value is -2.69. The highest BCUT2D eigenvalue weighted by Crippen LogP contribution is 2.30. The Kier molecular flexibility index (Phi) is 6.14. The van der Waals surface area contributed by atoms with Gasteiger partial charge >= 0.3 is 18.1 Å². The molecule has 1 fully saturated rings. The number of benzene rings is 1. The summed E-state index contributed by atoms with van der Waals surface area (Å²) < 4.78 is 42.9. The molecule has 26 heavy (non-hydrogen) atoms. The summed E-state index contributed by atoms with van der Waals surface area (Å²) in [5.74, 6) is -0.587. The number of alkyl halides is 3. The van der Waals surface area contributed by atoms with E-state index in [-0.39, 0.29) is 17.9 Å². The van der Waals surface area contributed by atoms with Gasteiger partial charge in [0.15, 0.2) is 6.61 Å². The smallest absolute Gasteiger partial charge is 0.449 e. The van der Waals surface area contributed by atoms with Gasteiger partial charge in [-0.2, -0.15) is 13.2 Å². The molecule has 0 bridgehead atoms. The molecule has 1 aromatic carbocycles. The standard InChI is InChI=1S/C18H19F3N2O3/c1-3-11-26-16(24)14-12-13(22(2)17(25)18(19,20)21)7-8-15(14)23-9-5-4-6-10-23/h1,7-8,12H,4-6,9-11H2,2H3. The lowest BCUT2D eigenvalue weighted by Crippen LogP contribution is -2.38. The zero-order valence-corrected chi connectivity index (χ0v) is 14.3. The molecule has 1 aliphatic heterocycles. The van der Waals surface area contributed by atoms with Gasteiger partial charge < -0.3 is 14.5 Å². The summed E-state index contributed by atoms with van der Waals surface area (Å²) in [6.07, 6.45) is 3.06. The van der Waals surface area contributed by atoms with Crippen LogP contribution in [0.4, 0.5) is 24.5 Å². The van der Waals surface area contributed by atoms with Crippen LogP contribution >= 0.6 is 0 Å². The lowest BCUT2D eigenvalue weighted by molar-refractivity contribution is -0.170. The van der Waals surface area contributed by atoms with E-state index in [1.54, 1.807) is 0 Å². The summed E-state index contributed by atoms with van der Waals surface area (Å²) in [7, 11) is 1.00. The SMILES string of the molecule is C#CCOC(=O)c1cc(N(C)C(=O)C(F)(F)F)ccc1N1CCCCC1. The van der Waals surface area contributed by atoms with Gasteiger partial charge in [0.1, 0.15) is 0 Å². The fraction of sp³-hybridized carbons (Fsp3) is 0.444. The summed E-state index contributed by atoms with van der Waals surface area (Å²) in [4.78, 5) is 26.2. The van der Waals surface area contributed by atoms with Crippen LogP contribution in [0, 0.1) is 12.3 Å². The number of ether oxygens (including phenoxy) is 1. The Balaban J connectivity index is 2.39. The van der Waals surface area contributed by atoms with Gasteiger partial charge in [0.25, 0.3) is 0 Å². The van der Waals surface area contributed by atoms with Crippen LogP contribution in [0.5, 0.6) is 0 Å². The van der Waals surface area contributed by atoms with Crippen molar-refractivity contribution in [1.82, 2.24) is 0 Å². The molecule has 140 valence electrons. The normalized spacial score (nSPS) is 14.5. The molecule has 0 unspecified atom stereocenters. The largest absolute Gasteiger partial charge is 0.471 e. The van der Waals surface area contributed by atoms with Crippen LogP contribution in [0.1, 0.15) is 29.6 Å². The van der Waals surface area contributed by atoms with Gasteiger partial charge in [0.05, 0.1) is 11.3 Å². The zero-order valence-electron chi connectivity index (χ0n) is 14.3. The number of piperidine rings is 1. The summed E-state index contributed by atoms with van der Waals surface area (Å²) >= 11 is 0. The van der Waals surface area contributed by atoms with Gasteiger partial charge in [-0.25, -0.2) is 4.79 Å². The molecule has 2 rings (SSSR count). The first-order valence-electron chi connectivity index (χ1n) is 8.10. The minimum absolute atomic E-state index is 0.0549. The van der Waals surface area contributed by atoms with Gasteiger partial charge in [0.2, 0.25) is 0 Å². The van der Waals surface area contributed by atoms with E-state index in [9.17, 15) is 22.8 Å². The number of hydrogen-bond acceptors (Lipinski definition) is 4. The number of amides is 1. The van der Waals surface area contributed by atoms with Crippen LogP contribution in [-0.4, -0.2) is 44.8 Å². The molecule has 0 spiro atoms. The van der Waals surface area contributed by atoms with E-state index in [0.717, 1.165) is 39.4 Å². The van der Waals surface area contributed by atoms with Crippen molar-refractivity contribution in [2.75, 3.05) is 36.5 Å². The molecular formula is C18H19F3N2O3. The predicted molar refractivity (Wildman–Crippen MR) is 91.1 cm³/mol. The van der Waals surface area contributed by atoms with Gasteiger partial charge in [-0.1, -0.05) is 5.92 Å². The Labute approximate surface area is 149 Å². The molecule has 5 nitrogen and oxygen atoms in total. The Morgan fingerprint density at radius 2 is 1.92 bits per heavy atom. The fourth-order valence-electron chi connectivity index (χ4n) is 2.80. The highest BCUT2D eigenvalue weighted by atomic mass is 19.4. The van der Waals surface area contributed by atoms with Crippen LogP contribution in [0.3, 0.4) is 0 Å². The molecule has 0 aromatic heterocycles. The third-order valence-corrected chi connectivity index (χ3v) is 4.12. The van der Waals surface area contributed by atoms with Crippen molar-refractivity contribution in [2.45, 2.75) is 25.4 Å². The van der Waals surface area contributed by atoms with Crippen molar-refractivity contribution in [2.24, 2.45) is 0 Å². The maximum Gasteiger partial charge on any atom is 0.471 e. The summed E-state index contributed by atoms with van der Waals surface area (Å²) in [5.41, 5.74) is 0.588. The van der Waals surface area contributed by atoms with Crippen LogP contribution in [-0.2, 0) is 9.53 Å². The first kappa shape index (κ1) is 19.6. The minimum Gasteiger partial charge on any atom is -0.449 e. The molecule has 8 heteroatoms. The monoisotopic (exact) mass is 368 g/mol. The summed E-state index contributed by atoms with van der Waals surface area (Å²) in [6, 6.07) is 4.14. The Morgan fingerprint density at radius 1 is 1.27 bits per heavy atom. The van der Waals surface area contributed by atoms with Gasteiger partial charge in [0, 0.05) is 25.8 Å². The maximum absolute atomic E-state index is 12.7. The number of carbonyl (C=O) groups excluding carboxylic acids is 2. The zero-order chi connectivity index (χ0) is 19.3. The van der Waals surface area contributed by atoms with Gasteiger partial charge in [-0.15, -0.1) is 6.42 Å². The van der Waals surface area contributed by atoms with Gasteiger partial charge in [-0.3, -0.25) is 4.79 Å². The van der Waals surface area contributed by atoms with Gasteiger partial charge in [-0.05, 0) is 37.5 Å². The number of terminal acetylenes is 1. The van der Waals surface area contributed by atoms with Crippen LogP contribution in [0.2, 0.25) is 0 Å². The number of carbonyl (C=O) groups is 2. The average molecular weight is 368 g/mol. The highest BCUT2D eigenvalue weighted by Gasteiger charge is 2.42. The quantitative estimate of drug-likeness (QED) is 0.606. The van der Waals surface area contributed by atoms with Crippen molar-refractivity contribution in [3.05, 3.63) is 23.8 Å². The first-order valence-corrected chi connectivity index (χ1v) is 8.10. The van der Waals surface area contributed by atoms with Crippen molar-refractivity contribution >= 4 is 23.3 Å². The highest BCUT2D eigenvalue weighted by molar-refractivity contribution is 6.01. The molecule has 1 saturated heterocycles. The van der Waals surface area contributed by atoms with E-state index < -0.39 is 18.1 Å². The lowest BCUT2D eigenvalue weighted by atomic mass is 10.1. The van der Waals surface area contributed by atoms with Crippen LogP contribution in [0.25, 0.3) is 0 Å². The number of nitrogens with zero attached hydrogens (tertiary/aromatic N) is 2. The molecule has 0 saturated carbocycles. The van der Waals surface area contributed by atoms with E-state index in [0.29, 0.717) is 10.6 Å². The second-order valence-electron chi connectivity index (χ2n) is 5.89. The van der Waals surface area contributed by atoms with Crippen molar-refractivity contribution in [1.29, 1.82) is 0 Å². The number of halogens is 3. The second kappa shape index (κ2) is 8.13. The van der Waals surface area contributed by atoms with E-state index in [4.69, 9.17) is 11.2 Å². The van der Waals surface area contributed by atoms with Crippen LogP contribution in [0.15, 0.2) is 18.2 Å². The van der Waals surface area contributed by atoms with Crippen LogP contribution < -0.4 is 9.80 Å². The predicted octanol–water partition coefficient (Wildman–Crippen LogP) is 2.99. The topological polar surface area (TPSA) is 49.9 Å². The molecule has 1 aromatic rings. The molecule has 0 aliphatic carbocycles. The van der Waals surface area contributed by atoms with Crippen molar-refractivity contribution in [3.8, 4) is 12.3 Å². The maximum atomic E-state index is 12.7. The third-order valence-electron chi connectivity index (χ3n) is 4.12. The van der Waals surface area contributed by atoms with E-state index in [1.165, 1.54) is 18.2 Å². The van der Waals surface area contributed by atoms with Crippen molar-refractivity contribution in [3.63, 3.8) is 0 Å². The average Bonchev–Trinajstić information content (AvgIpc) is 2.64. The Bertz CT molecular complexity index is 719. The molecule has 1 aliphatic rings. The molecule has 0 N–H and O–H groups in total. The molecule has 1 amide bonds. The molecular weight excluding hydrogens is 349 g/mol. The molecule has 1 heterocycles. The number of rotatable bonds is 4. The lowest BCUT2D eigenvalue weighted by Gasteiger charge is -2.31. The summed E-state index contributed by atoms with van der Waals surface area (Å²) in [5, 5.41) is 0. The van der Waals surface area contributed by atoms with E-state index in [2.05, 4.69) is 5.92 Å². The van der Waals surface area contributed by atoms with E-state index >= 15 is 0 Å². The van der Waals surface area contributed by atoms with Crippen molar-refractivity contribution < 1.29 is 27.5 Å². The molecule has 0 radical (unpaired) electrons. The fourth-order valence-corrected chi connectivity index (χ4v) is 2.80. The van der Waals surface area contributed by atoms with E-state index in [1.807, 2.05) is 4.90 Å². The minimum atomic E-state index is -5.01. The number of esters is 1. The second-order valence-corrected chi connectivity index (χ2v) is 5.89.